The van der Waals surface area contributed by atoms with Gasteiger partial charge in [0, 0.05) is 35.8 Å². The van der Waals surface area contributed by atoms with Gasteiger partial charge in [-0.1, -0.05) is 0 Å². The summed E-state index contributed by atoms with van der Waals surface area (Å²) in [6.45, 7) is -0.258. The normalized spacial score (nSPS) is 15.4. The smallest absolute Gasteiger partial charge is 0.240 e. The molecule has 3 rings (SSSR count). The molecule has 1 aromatic carbocycles. The van der Waals surface area contributed by atoms with Crippen LogP contribution in [0.15, 0.2) is 46.4 Å². The van der Waals surface area contributed by atoms with E-state index in [1.165, 1.54) is 6.07 Å². The van der Waals surface area contributed by atoms with Crippen molar-refractivity contribution in [2.24, 2.45) is 4.99 Å². The van der Waals surface area contributed by atoms with Crippen LogP contribution in [0, 0.1) is 0 Å². The summed E-state index contributed by atoms with van der Waals surface area (Å²) in [4.78, 5) is 7.51. The highest BCUT2D eigenvalue weighted by atomic mass is 32.2. The van der Waals surface area contributed by atoms with Crippen LogP contribution in [-0.4, -0.2) is 37.9 Å². The number of H-pyrrole nitrogens is 1. The van der Waals surface area contributed by atoms with Crippen molar-refractivity contribution in [3.05, 3.63) is 47.8 Å². The van der Waals surface area contributed by atoms with Crippen LogP contribution in [0.1, 0.15) is 11.3 Å². The molecule has 1 aliphatic heterocycles. The second-order valence-electron chi connectivity index (χ2n) is 4.78. The van der Waals surface area contributed by atoms with Gasteiger partial charge in [0.05, 0.1) is 17.2 Å². The average Bonchev–Trinajstić information content (AvgIpc) is 3.15. The summed E-state index contributed by atoms with van der Waals surface area (Å²) >= 11 is 0. The molecule has 0 spiro atoms. The Kier molecular flexibility index (Phi) is 3.93. The van der Waals surface area contributed by atoms with E-state index in [4.69, 9.17) is 5.11 Å². The molecule has 7 heteroatoms. The standard InChI is InChI=1S/C15H15N3O3S/c19-7-6-18-22(20,21)13-3-4-15-14(9-13)11(10-17-15)8-12-2-1-5-16-12/h1-5,8-10,16,18-19H,6-7H2. The van der Waals surface area contributed by atoms with Crippen molar-refractivity contribution >= 4 is 33.6 Å². The second-order valence-corrected chi connectivity index (χ2v) is 6.55. The van der Waals surface area contributed by atoms with Gasteiger partial charge in [0.25, 0.3) is 0 Å². The predicted molar refractivity (Wildman–Crippen MR) is 85.5 cm³/mol. The van der Waals surface area contributed by atoms with Crippen LogP contribution < -0.4 is 4.72 Å². The van der Waals surface area contributed by atoms with Crippen LogP contribution in [-0.2, 0) is 10.0 Å². The number of fused-ring (bicyclic) bond motifs is 1. The van der Waals surface area contributed by atoms with Crippen LogP contribution in [0.4, 0.5) is 5.69 Å². The van der Waals surface area contributed by atoms with Crippen molar-refractivity contribution in [2.75, 3.05) is 13.2 Å². The monoisotopic (exact) mass is 317 g/mol. The summed E-state index contributed by atoms with van der Waals surface area (Å²) in [6.07, 6.45) is 5.44. The number of aromatic nitrogens is 1. The number of nitrogens with zero attached hydrogens (tertiary/aromatic N) is 1. The Labute approximate surface area is 128 Å². The Morgan fingerprint density at radius 1 is 1.32 bits per heavy atom. The third kappa shape index (κ3) is 2.87. The SMILES string of the molecule is O=S(=O)(NCCO)c1ccc2c(c1)C(=Cc1ccc[nH]1)C=N2. The van der Waals surface area contributed by atoms with Gasteiger partial charge in [0.15, 0.2) is 0 Å². The molecule has 0 amide bonds. The first-order valence-corrected chi connectivity index (χ1v) is 8.22. The topological polar surface area (TPSA) is 94.5 Å². The van der Waals surface area contributed by atoms with Gasteiger partial charge in [0.1, 0.15) is 0 Å². The average molecular weight is 317 g/mol. The zero-order valence-corrected chi connectivity index (χ0v) is 12.5. The highest BCUT2D eigenvalue weighted by molar-refractivity contribution is 7.89. The molecular formula is C15H15N3O3S. The summed E-state index contributed by atoms with van der Waals surface area (Å²) < 4.78 is 26.6. The zero-order valence-electron chi connectivity index (χ0n) is 11.7. The van der Waals surface area contributed by atoms with Gasteiger partial charge < -0.3 is 10.1 Å². The molecule has 0 aliphatic carbocycles. The number of aliphatic hydroxyl groups excluding tert-OH is 1. The number of allylic oxidation sites excluding steroid dienone is 1. The van der Waals surface area contributed by atoms with Gasteiger partial charge >= 0.3 is 0 Å². The van der Waals surface area contributed by atoms with E-state index in [-0.39, 0.29) is 18.0 Å². The molecule has 3 N–H and O–H groups in total. The first kappa shape index (κ1) is 14.7. The maximum absolute atomic E-state index is 12.1. The number of sulfonamides is 1. The van der Waals surface area contributed by atoms with Gasteiger partial charge in [-0.3, -0.25) is 4.99 Å². The molecule has 0 radical (unpaired) electrons. The summed E-state index contributed by atoms with van der Waals surface area (Å²) in [5.74, 6) is 0. The summed E-state index contributed by atoms with van der Waals surface area (Å²) in [6, 6.07) is 8.58. The number of benzene rings is 1. The highest BCUT2D eigenvalue weighted by Gasteiger charge is 2.19. The van der Waals surface area contributed by atoms with E-state index in [2.05, 4.69) is 14.7 Å². The molecule has 6 nitrogen and oxygen atoms in total. The lowest BCUT2D eigenvalue weighted by molar-refractivity contribution is 0.301. The van der Waals surface area contributed by atoms with Crippen molar-refractivity contribution in [1.82, 2.24) is 9.71 Å². The predicted octanol–water partition coefficient (Wildman–Crippen LogP) is 1.54. The van der Waals surface area contributed by atoms with Crippen LogP contribution in [0.3, 0.4) is 0 Å². The first-order valence-electron chi connectivity index (χ1n) is 6.74. The van der Waals surface area contributed by atoms with Crippen molar-refractivity contribution in [3.8, 4) is 0 Å². The number of aliphatic hydroxyl groups is 1. The fourth-order valence-corrected chi connectivity index (χ4v) is 3.26. The fourth-order valence-electron chi connectivity index (χ4n) is 2.21. The number of aliphatic imine (C=N–C) groups is 1. The van der Waals surface area contributed by atoms with E-state index < -0.39 is 10.0 Å². The lowest BCUT2D eigenvalue weighted by Crippen LogP contribution is -2.26. The number of aromatic amines is 1. The molecule has 114 valence electrons. The Hall–Kier alpha value is -2.22. The van der Waals surface area contributed by atoms with E-state index in [0.717, 1.165) is 22.5 Å². The second kappa shape index (κ2) is 5.88. The molecule has 1 aromatic heterocycles. The number of nitrogens with one attached hydrogen (secondary N) is 2. The van der Waals surface area contributed by atoms with Crippen molar-refractivity contribution in [3.63, 3.8) is 0 Å². The maximum Gasteiger partial charge on any atom is 0.240 e. The van der Waals surface area contributed by atoms with E-state index in [1.807, 2.05) is 24.4 Å². The molecule has 22 heavy (non-hydrogen) atoms. The molecule has 0 bridgehead atoms. The van der Waals surface area contributed by atoms with Crippen LogP contribution in [0.2, 0.25) is 0 Å². The minimum Gasteiger partial charge on any atom is -0.395 e. The van der Waals surface area contributed by atoms with Gasteiger partial charge in [-0.15, -0.1) is 0 Å². The number of hydrogen-bond acceptors (Lipinski definition) is 4. The van der Waals surface area contributed by atoms with E-state index in [1.54, 1.807) is 18.3 Å². The largest absolute Gasteiger partial charge is 0.395 e. The Balaban J connectivity index is 1.98. The number of hydrogen-bond donors (Lipinski definition) is 3. The van der Waals surface area contributed by atoms with Crippen LogP contribution in [0.25, 0.3) is 11.6 Å². The lowest BCUT2D eigenvalue weighted by Gasteiger charge is -2.07. The lowest BCUT2D eigenvalue weighted by atomic mass is 10.1. The summed E-state index contributed by atoms with van der Waals surface area (Å²) in [7, 11) is -3.63. The van der Waals surface area contributed by atoms with Gasteiger partial charge in [-0.05, 0) is 36.4 Å². The van der Waals surface area contributed by atoms with Gasteiger partial charge in [0.2, 0.25) is 10.0 Å². The fraction of sp³-hybridized carbons (Fsp3) is 0.133. The molecule has 0 saturated carbocycles. The molecular weight excluding hydrogens is 302 g/mol. The summed E-state index contributed by atoms with van der Waals surface area (Å²) in [5.41, 5.74) is 3.26. The molecule has 0 atom stereocenters. The Morgan fingerprint density at radius 2 is 2.18 bits per heavy atom. The molecule has 0 fully saturated rings. The van der Waals surface area contributed by atoms with Gasteiger partial charge in [-0.2, -0.15) is 0 Å². The van der Waals surface area contributed by atoms with Crippen molar-refractivity contribution < 1.29 is 13.5 Å². The molecule has 2 aromatic rings. The molecule has 0 unspecified atom stereocenters. The zero-order chi connectivity index (χ0) is 15.6. The van der Waals surface area contributed by atoms with E-state index in [0.29, 0.717) is 0 Å². The number of rotatable bonds is 5. The van der Waals surface area contributed by atoms with Crippen molar-refractivity contribution in [1.29, 1.82) is 0 Å². The minimum absolute atomic E-state index is 0.0128. The van der Waals surface area contributed by atoms with Crippen LogP contribution >= 0.6 is 0 Å². The summed E-state index contributed by atoms with van der Waals surface area (Å²) in [5, 5.41) is 8.76. The first-order chi connectivity index (χ1) is 10.6. The van der Waals surface area contributed by atoms with Crippen LogP contribution in [0.5, 0.6) is 0 Å². The Bertz CT molecular complexity index is 837. The third-order valence-electron chi connectivity index (χ3n) is 3.27. The van der Waals surface area contributed by atoms with Gasteiger partial charge in [-0.25, -0.2) is 13.1 Å². The minimum atomic E-state index is -3.63. The maximum atomic E-state index is 12.1. The quantitative estimate of drug-likeness (QED) is 0.780. The van der Waals surface area contributed by atoms with E-state index >= 15 is 0 Å². The van der Waals surface area contributed by atoms with Crippen molar-refractivity contribution in [2.45, 2.75) is 4.90 Å². The Morgan fingerprint density at radius 3 is 2.91 bits per heavy atom. The molecule has 0 saturated heterocycles. The highest BCUT2D eigenvalue weighted by Crippen LogP contribution is 2.34. The molecule has 2 heterocycles. The third-order valence-corrected chi connectivity index (χ3v) is 4.73. The van der Waals surface area contributed by atoms with E-state index in [9.17, 15) is 8.42 Å². The molecule has 1 aliphatic rings.